The van der Waals surface area contributed by atoms with Crippen molar-refractivity contribution in [1.29, 1.82) is 0 Å². The summed E-state index contributed by atoms with van der Waals surface area (Å²) in [5.41, 5.74) is 1.75. The van der Waals surface area contributed by atoms with Crippen molar-refractivity contribution < 1.29 is 19.2 Å². The Morgan fingerprint density at radius 2 is 1.84 bits per heavy atom. The van der Waals surface area contributed by atoms with Gasteiger partial charge in [-0.25, -0.2) is 14.8 Å². The van der Waals surface area contributed by atoms with E-state index >= 15 is 0 Å². The third-order valence-electron chi connectivity index (χ3n) is 7.47. The lowest BCUT2D eigenvalue weighted by Crippen LogP contribution is -2.40. The maximum Gasteiger partial charge on any atom is 0.338 e. The van der Waals surface area contributed by atoms with E-state index in [9.17, 15) is 24.5 Å². The smallest absolute Gasteiger partial charge is 0.338 e. The Morgan fingerprint density at radius 3 is 2.50 bits per heavy atom. The molecular weight excluding hydrogens is 679 g/mol. The first-order valence-electron chi connectivity index (χ1n) is 15.6. The van der Waals surface area contributed by atoms with Crippen LogP contribution in [0.1, 0.15) is 49.2 Å². The number of H-pyrrole nitrogens is 1. The average Bonchev–Trinajstić information content (AvgIpc) is 3.38. The molecule has 0 spiro atoms. The Hall–Kier alpha value is -5.60. The van der Waals surface area contributed by atoms with E-state index in [2.05, 4.69) is 9.97 Å². The molecule has 5 aromatic rings. The number of nitro benzene ring substituents is 1. The second-order valence-electron chi connectivity index (χ2n) is 11.4. The predicted molar refractivity (Wildman–Crippen MR) is 190 cm³/mol. The van der Waals surface area contributed by atoms with E-state index < -0.39 is 22.5 Å². The van der Waals surface area contributed by atoms with Gasteiger partial charge in [-0.05, 0) is 74.9 Å². The number of carbonyl (C=O) groups is 1. The molecule has 2 aromatic heterocycles. The number of benzene rings is 3. The lowest BCUT2D eigenvalue weighted by Gasteiger charge is -2.26. The number of fused-ring (bicyclic) bond motifs is 1. The van der Waals surface area contributed by atoms with Crippen LogP contribution in [0.25, 0.3) is 11.8 Å². The molecule has 0 fully saturated rings. The Labute approximate surface area is 293 Å². The molecule has 6 rings (SSSR count). The molecule has 0 bridgehead atoms. The number of hydrogen-bond donors (Lipinski definition) is 1. The summed E-state index contributed by atoms with van der Waals surface area (Å²) in [5, 5.41) is 12.4. The minimum Gasteiger partial charge on any atom is -0.491 e. The van der Waals surface area contributed by atoms with E-state index in [1.165, 1.54) is 16.7 Å². The van der Waals surface area contributed by atoms with E-state index in [0.29, 0.717) is 38.6 Å². The topological polar surface area (TPSA) is 159 Å². The van der Waals surface area contributed by atoms with Crippen molar-refractivity contribution in [3.05, 3.63) is 147 Å². The molecule has 1 aliphatic heterocycles. The molecule has 0 radical (unpaired) electrons. The van der Waals surface area contributed by atoms with Crippen LogP contribution < -0.4 is 25.2 Å². The lowest BCUT2D eigenvalue weighted by molar-refractivity contribution is -0.387. The van der Waals surface area contributed by atoms with Crippen molar-refractivity contribution >= 4 is 46.5 Å². The maximum atomic E-state index is 14.3. The number of rotatable bonds is 10. The minimum absolute atomic E-state index is 0.0510. The number of nitrogens with one attached hydrogen (secondary N) is 1. The highest BCUT2D eigenvalue weighted by molar-refractivity contribution is 7.99. The maximum absolute atomic E-state index is 14.3. The molecule has 1 aliphatic rings. The molecule has 1 atom stereocenters. The van der Waals surface area contributed by atoms with Gasteiger partial charge in [-0.15, -0.1) is 0 Å². The first-order valence-corrected chi connectivity index (χ1v) is 17.2. The molecule has 3 aromatic carbocycles. The van der Waals surface area contributed by atoms with E-state index in [-0.39, 0.29) is 44.1 Å². The minimum atomic E-state index is -0.896. The molecule has 0 saturated heterocycles. The first-order chi connectivity index (χ1) is 24.0. The van der Waals surface area contributed by atoms with Crippen molar-refractivity contribution in [3.8, 4) is 5.75 Å². The molecule has 12 nitrogen and oxygen atoms in total. The number of esters is 1. The average molecular weight is 710 g/mol. The van der Waals surface area contributed by atoms with Crippen LogP contribution in [0.4, 0.5) is 5.69 Å². The Kier molecular flexibility index (Phi) is 9.93. The van der Waals surface area contributed by atoms with Gasteiger partial charge in [0, 0.05) is 23.4 Å². The molecule has 0 unspecified atom stereocenters. The second kappa shape index (κ2) is 14.5. The summed E-state index contributed by atoms with van der Waals surface area (Å²) in [4.78, 5) is 63.8. The highest BCUT2D eigenvalue weighted by Crippen LogP contribution is 2.36. The Balaban J connectivity index is 1.52. The van der Waals surface area contributed by atoms with Gasteiger partial charge in [0.05, 0.1) is 44.4 Å². The summed E-state index contributed by atoms with van der Waals surface area (Å²) in [6.45, 7) is 7.33. The summed E-state index contributed by atoms with van der Waals surface area (Å²) in [5.74, 6) is 0.0268. The van der Waals surface area contributed by atoms with Crippen LogP contribution in [-0.2, 0) is 9.53 Å². The third-order valence-corrected chi connectivity index (χ3v) is 9.41. The van der Waals surface area contributed by atoms with Gasteiger partial charge in [0.15, 0.2) is 9.96 Å². The summed E-state index contributed by atoms with van der Waals surface area (Å²) in [6, 6.07) is 21.4. The summed E-state index contributed by atoms with van der Waals surface area (Å²) >= 11 is 2.07. The fourth-order valence-corrected chi connectivity index (χ4v) is 7.39. The standard InChI is InChI=1S/C36H31N5O7S2/c1-5-47-34(44)30-31(23-9-7-6-8-10-23)39-36-40(32(30)24-12-14-25(15-13-24)48-20(2)3)33(43)28(50-36)19-22-11-16-27(26(18-22)41(45)46)49-35-37-21(4)17-29(42)38-35/h6-20,32H,5H2,1-4H3,(H,37,38,42)/b28-19-/t32-/m1/s1. The van der Waals surface area contributed by atoms with Gasteiger partial charge in [0.25, 0.3) is 16.8 Å². The van der Waals surface area contributed by atoms with Crippen LogP contribution in [0.15, 0.2) is 109 Å². The molecule has 0 amide bonds. The predicted octanol–water partition coefficient (Wildman–Crippen LogP) is 5.17. The van der Waals surface area contributed by atoms with Crippen LogP contribution in [0.5, 0.6) is 5.75 Å². The van der Waals surface area contributed by atoms with Gasteiger partial charge in [-0.2, -0.15) is 0 Å². The van der Waals surface area contributed by atoms with Gasteiger partial charge in [0.1, 0.15) is 5.75 Å². The van der Waals surface area contributed by atoms with Crippen molar-refractivity contribution in [2.75, 3.05) is 6.61 Å². The van der Waals surface area contributed by atoms with Crippen molar-refractivity contribution in [2.45, 2.75) is 49.9 Å². The highest BCUT2D eigenvalue weighted by Gasteiger charge is 2.35. The van der Waals surface area contributed by atoms with E-state index in [1.807, 2.05) is 56.3 Å². The van der Waals surface area contributed by atoms with Crippen molar-refractivity contribution in [1.82, 2.24) is 14.5 Å². The second-order valence-corrected chi connectivity index (χ2v) is 13.5. The number of aromatic nitrogens is 3. The number of thiazole rings is 1. The van der Waals surface area contributed by atoms with Gasteiger partial charge in [-0.1, -0.05) is 59.9 Å². The molecule has 1 N–H and O–H groups in total. The monoisotopic (exact) mass is 709 g/mol. The fourth-order valence-electron chi connectivity index (χ4n) is 5.47. The van der Waals surface area contributed by atoms with Gasteiger partial charge >= 0.3 is 5.97 Å². The van der Waals surface area contributed by atoms with Gasteiger partial charge in [0.2, 0.25) is 0 Å². The van der Waals surface area contributed by atoms with Crippen molar-refractivity contribution in [2.24, 2.45) is 4.99 Å². The molecule has 50 heavy (non-hydrogen) atoms. The van der Waals surface area contributed by atoms with Crippen molar-refractivity contribution in [3.63, 3.8) is 0 Å². The third kappa shape index (κ3) is 7.21. The number of nitrogens with zero attached hydrogens (tertiary/aromatic N) is 4. The van der Waals surface area contributed by atoms with Crippen LogP contribution in [0.3, 0.4) is 0 Å². The van der Waals surface area contributed by atoms with E-state index in [4.69, 9.17) is 14.5 Å². The molecule has 3 heterocycles. The molecular formula is C36H31N5O7S2. The molecule has 254 valence electrons. The summed E-state index contributed by atoms with van der Waals surface area (Å²) < 4.78 is 13.1. The number of ether oxygens (including phenoxy) is 2. The van der Waals surface area contributed by atoms with E-state index in [0.717, 1.165) is 23.1 Å². The Morgan fingerprint density at radius 1 is 1.10 bits per heavy atom. The number of hydrogen-bond acceptors (Lipinski definition) is 11. The van der Waals surface area contributed by atoms with Crippen LogP contribution in [0, 0.1) is 17.0 Å². The fraction of sp³-hybridized carbons (Fsp3) is 0.194. The zero-order chi connectivity index (χ0) is 35.5. The summed E-state index contributed by atoms with van der Waals surface area (Å²) in [6.07, 6.45) is 1.51. The normalized spacial score (nSPS) is 14.3. The number of carbonyl (C=O) groups excluding carboxylic acids is 1. The molecule has 14 heteroatoms. The van der Waals surface area contributed by atoms with Gasteiger partial charge in [-0.3, -0.25) is 24.3 Å². The zero-order valence-electron chi connectivity index (χ0n) is 27.4. The SMILES string of the molecule is CCOC(=O)C1=C(c2ccccc2)N=c2s/c(=C\c3ccc(Sc4nc(C)cc(=O)[nH]4)c([N+](=O)[O-])c3)c(=O)n2[C@@H]1c1ccc(OC(C)C)cc1. The largest absolute Gasteiger partial charge is 0.491 e. The lowest BCUT2D eigenvalue weighted by atomic mass is 9.93. The van der Waals surface area contributed by atoms with E-state index in [1.54, 1.807) is 44.2 Å². The van der Waals surface area contributed by atoms with Crippen LogP contribution >= 0.6 is 23.1 Å². The number of aromatic amines is 1. The highest BCUT2D eigenvalue weighted by atomic mass is 32.2. The summed E-state index contributed by atoms with van der Waals surface area (Å²) in [7, 11) is 0. The first kappa shape index (κ1) is 34.3. The molecule has 0 saturated carbocycles. The number of nitro groups is 1. The Bertz CT molecular complexity index is 2380. The molecule has 0 aliphatic carbocycles. The zero-order valence-corrected chi connectivity index (χ0v) is 29.0. The van der Waals surface area contributed by atoms with Gasteiger partial charge < -0.3 is 14.5 Å². The quantitative estimate of drug-likeness (QED) is 0.0893. The van der Waals surface area contributed by atoms with Crippen LogP contribution in [0.2, 0.25) is 0 Å². The van der Waals surface area contributed by atoms with Crippen LogP contribution in [-0.4, -0.2) is 38.1 Å². The number of aryl methyl sites for hydroxylation is 1.